The first-order chi connectivity index (χ1) is 6.59. The third-order valence-electron chi connectivity index (χ3n) is 3.95. The Labute approximate surface area is 88.8 Å². The Balaban J connectivity index is 2.06. The van der Waals surface area contributed by atoms with Crippen LogP contribution in [0.4, 0.5) is 0 Å². The summed E-state index contributed by atoms with van der Waals surface area (Å²) >= 11 is 0. The molecule has 1 saturated carbocycles. The van der Waals surface area contributed by atoms with E-state index in [1.165, 1.54) is 32.1 Å². The standard InChI is InChI=1S/C14H24/c1-14(2,3)13(12-9-10-12)11-7-5-4-6-8-11/h4-5,11-13H,6-10H2,1-3H3. The molecule has 2 aliphatic carbocycles. The van der Waals surface area contributed by atoms with E-state index < -0.39 is 0 Å². The lowest BCUT2D eigenvalue weighted by atomic mass is 9.67. The van der Waals surface area contributed by atoms with Crippen LogP contribution in [0.2, 0.25) is 0 Å². The molecule has 0 spiro atoms. The molecule has 2 rings (SSSR count). The van der Waals surface area contributed by atoms with Crippen LogP contribution in [0.5, 0.6) is 0 Å². The van der Waals surface area contributed by atoms with Gasteiger partial charge in [0.15, 0.2) is 0 Å². The monoisotopic (exact) mass is 192 g/mol. The van der Waals surface area contributed by atoms with Crippen LogP contribution >= 0.6 is 0 Å². The molecule has 0 nitrogen and oxygen atoms in total. The highest BCUT2D eigenvalue weighted by Crippen LogP contribution is 2.51. The Morgan fingerprint density at radius 2 is 1.71 bits per heavy atom. The van der Waals surface area contributed by atoms with Gasteiger partial charge in [-0.3, -0.25) is 0 Å². The van der Waals surface area contributed by atoms with Crippen LogP contribution in [0.1, 0.15) is 52.9 Å². The van der Waals surface area contributed by atoms with E-state index in [9.17, 15) is 0 Å². The Morgan fingerprint density at radius 1 is 1.00 bits per heavy atom. The predicted molar refractivity (Wildman–Crippen MR) is 62.2 cm³/mol. The van der Waals surface area contributed by atoms with E-state index in [0.29, 0.717) is 5.41 Å². The van der Waals surface area contributed by atoms with Gasteiger partial charge in [-0.1, -0.05) is 32.9 Å². The minimum Gasteiger partial charge on any atom is -0.0885 e. The number of hydrogen-bond donors (Lipinski definition) is 0. The largest absolute Gasteiger partial charge is 0.0885 e. The molecule has 0 aliphatic heterocycles. The molecular formula is C14H24. The van der Waals surface area contributed by atoms with Gasteiger partial charge in [-0.15, -0.1) is 0 Å². The van der Waals surface area contributed by atoms with Gasteiger partial charge in [-0.2, -0.15) is 0 Å². The van der Waals surface area contributed by atoms with Crippen LogP contribution in [-0.2, 0) is 0 Å². The molecule has 1 fully saturated rings. The quantitative estimate of drug-likeness (QED) is 0.568. The number of rotatable bonds is 2. The predicted octanol–water partition coefficient (Wildman–Crippen LogP) is 4.42. The maximum Gasteiger partial charge on any atom is -0.0305 e. The van der Waals surface area contributed by atoms with Gasteiger partial charge < -0.3 is 0 Å². The summed E-state index contributed by atoms with van der Waals surface area (Å²) in [6, 6.07) is 0. The third kappa shape index (κ3) is 2.21. The molecule has 2 unspecified atom stereocenters. The molecule has 0 heteroatoms. The first kappa shape index (κ1) is 10.3. The van der Waals surface area contributed by atoms with Crippen molar-refractivity contribution in [1.29, 1.82) is 0 Å². The molecule has 2 atom stereocenters. The molecule has 0 bridgehead atoms. The van der Waals surface area contributed by atoms with Crippen molar-refractivity contribution in [2.45, 2.75) is 52.9 Å². The zero-order chi connectivity index (χ0) is 10.2. The van der Waals surface area contributed by atoms with Crippen LogP contribution in [0.3, 0.4) is 0 Å². The van der Waals surface area contributed by atoms with Crippen LogP contribution in [0.15, 0.2) is 12.2 Å². The second-order valence-electron chi connectivity index (χ2n) is 6.27. The fourth-order valence-electron chi connectivity index (χ4n) is 3.40. The molecule has 0 radical (unpaired) electrons. The zero-order valence-electron chi connectivity index (χ0n) is 9.92. The van der Waals surface area contributed by atoms with Gasteiger partial charge in [0.2, 0.25) is 0 Å². The molecule has 0 amide bonds. The van der Waals surface area contributed by atoms with E-state index in [1.807, 2.05) is 0 Å². The maximum atomic E-state index is 2.44. The summed E-state index contributed by atoms with van der Waals surface area (Å²) in [5.74, 6) is 3.02. The normalized spacial score (nSPS) is 30.4. The molecule has 14 heavy (non-hydrogen) atoms. The number of allylic oxidation sites excluding steroid dienone is 2. The van der Waals surface area contributed by atoms with Gasteiger partial charge in [0.25, 0.3) is 0 Å². The molecule has 80 valence electrons. The highest BCUT2D eigenvalue weighted by Gasteiger charge is 2.42. The van der Waals surface area contributed by atoms with Crippen molar-refractivity contribution >= 4 is 0 Å². The minimum atomic E-state index is 0.525. The van der Waals surface area contributed by atoms with Gasteiger partial charge >= 0.3 is 0 Å². The van der Waals surface area contributed by atoms with E-state index in [4.69, 9.17) is 0 Å². The SMILES string of the molecule is CC(C)(C)C(C1CC=CCC1)C1CC1. The van der Waals surface area contributed by atoms with Crippen molar-refractivity contribution in [3.63, 3.8) is 0 Å². The summed E-state index contributed by atoms with van der Waals surface area (Å²) in [7, 11) is 0. The average molecular weight is 192 g/mol. The summed E-state index contributed by atoms with van der Waals surface area (Å²) in [5.41, 5.74) is 0.525. The maximum absolute atomic E-state index is 2.44. The minimum absolute atomic E-state index is 0.525. The third-order valence-corrected chi connectivity index (χ3v) is 3.95. The van der Waals surface area contributed by atoms with E-state index in [2.05, 4.69) is 32.9 Å². The Bertz CT molecular complexity index is 215. The van der Waals surface area contributed by atoms with Gasteiger partial charge in [0, 0.05) is 0 Å². The fraction of sp³-hybridized carbons (Fsp3) is 0.857. The Kier molecular flexibility index (Phi) is 2.72. The average Bonchev–Trinajstić information content (AvgIpc) is 2.88. The van der Waals surface area contributed by atoms with E-state index >= 15 is 0 Å². The van der Waals surface area contributed by atoms with E-state index in [-0.39, 0.29) is 0 Å². The Hall–Kier alpha value is -0.260. The topological polar surface area (TPSA) is 0 Å². The first-order valence-corrected chi connectivity index (χ1v) is 6.24. The van der Waals surface area contributed by atoms with Crippen molar-refractivity contribution in [3.8, 4) is 0 Å². The van der Waals surface area contributed by atoms with Crippen molar-refractivity contribution in [3.05, 3.63) is 12.2 Å². The van der Waals surface area contributed by atoms with Gasteiger partial charge in [-0.25, -0.2) is 0 Å². The van der Waals surface area contributed by atoms with Crippen molar-refractivity contribution in [2.75, 3.05) is 0 Å². The highest BCUT2D eigenvalue weighted by atomic mass is 14.5. The fourth-order valence-corrected chi connectivity index (χ4v) is 3.40. The second-order valence-corrected chi connectivity index (χ2v) is 6.27. The molecular weight excluding hydrogens is 168 g/mol. The molecule has 0 heterocycles. The van der Waals surface area contributed by atoms with Crippen LogP contribution in [0, 0.1) is 23.2 Å². The molecule has 0 saturated heterocycles. The van der Waals surface area contributed by atoms with Crippen molar-refractivity contribution in [1.82, 2.24) is 0 Å². The lowest BCUT2D eigenvalue weighted by Gasteiger charge is -2.38. The summed E-state index contributed by atoms with van der Waals surface area (Å²) < 4.78 is 0. The van der Waals surface area contributed by atoms with Crippen LogP contribution in [-0.4, -0.2) is 0 Å². The Morgan fingerprint density at radius 3 is 2.14 bits per heavy atom. The highest BCUT2D eigenvalue weighted by molar-refractivity contribution is 4.98. The number of hydrogen-bond acceptors (Lipinski definition) is 0. The van der Waals surface area contributed by atoms with Gasteiger partial charge in [0.05, 0.1) is 0 Å². The van der Waals surface area contributed by atoms with Gasteiger partial charge in [-0.05, 0) is 55.3 Å². The molecule has 0 aromatic heterocycles. The summed E-state index contributed by atoms with van der Waals surface area (Å²) in [6.07, 6.45) is 11.9. The first-order valence-electron chi connectivity index (χ1n) is 6.24. The smallest absolute Gasteiger partial charge is 0.0305 e. The summed E-state index contributed by atoms with van der Waals surface area (Å²) in [4.78, 5) is 0. The molecule has 0 aromatic carbocycles. The second kappa shape index (κ2) is 3.72. The van der Waals surface area contributed by atoms with Gasteiger partial charge in [0.1, 0.15) is 0 Å². The lowest BCUT2D eigenvalue weighted by molar-refractivity contribution is 0.123. The van der Waals surface area contributed by atoms with Crippen molar-refractivity contribution < 1.29 is 0 Å². The lowest BCUT2D eigenvalue weighted by Crippen LogP contribution is -2.30. The molecule has 2 aliphatic rings. The van der Waals surface area contributed by atoms with E-state index in [1.54, 1.807) is 0 Å². The van der Waals surface area contributed by atoms with Crippen LogP contribution in [0.25, 0.3) is 0 Å². The van der Waals surface area contributed by atoms with Crippen LogP contribution < -0.4 is 0 Å². The summed E-state index contributed by atoms with van der Waals surface area (Å²) in [5, 5.41) is 0. The molecule has 0 N–H and O–H groups in total. The van der Waals surface area contributed by atoms with Crippen molar-refractivity contribution in [2.24, 2.45) is 23.2 Å². The zero-order valence-corrected chi connectivity index (χ0v) is 9.92. The van der Waals surface area contributed by atoms with E-state index in [0.717, 1.165) is 17.8 Å². The summed E-state index contributed by atoms with van der Waals surface area (Å²) in [6.45, 7) is 7.32. The molecule has 0 aromatic rings.